The van der Waals surface area contributed by atoms with Gasteiger partial charge in [-0.1, -0.05) is 24.3 Å². The Hall–Kier alpha value is -2.30. The summed E-state index contributed by atoms with van der Waals surface area (Å²) in [6.45, 7) is 0.837. The summed E-state index contributed by atoms with van der Waals surface area (Å²) < 4.78 is 57.6. The number of allylic oxidation sites excluding steroid dienone is 1. The van der Waals surface area contributed by atoms with Gasteiger partial charge in [0.05, 0.1) is 0 Å². The molecule has 4 unspecified atom stereocenters. The van der Waals surface area contributed by atoms with Crippen molar-refractivity contribution in [2.75, 3.05) is 0 Å². The molecule has 0 aliphatic heterocycles. The molecule has 4 rings (SSSR count). The number of fused-ring (bicyclic) bond motifs is 1. The smallest absolute Gasteiger partial charge is 0.387 e. The maximum atomic E-state index is 14.9. The van der Waals surface area contributed by atoms with Gasteiger partial charge in [-0.2, -0.15) is 8.78 Å². The van der Waals surface area contributed by atoms with Crippen molar-refractivity contribution in [2.24, 2.45) is 17.8 Å². The highest BCUT2D eigenvalue weighted by Crippen LogP contribution is 2.48. The average Bonchev–Trinajstić information content (AvgIpc) is 2.74. The zero-order chi connectivity index (χ0) is 21.3. The van der Waals surface area contributed by atoms with Crippen LogP contribution in [0.25, 0.3) is 11.1 Å². The van der Waals surface area contributed by atoms with Crippen molar-refractivity contribution in [3.05, 3.63) is 66.3 Å². The van der Waals surface area contributed by atoms with E-state index in [1.165, 1.54) is 31.7 Å². The molecule has 30 heavy (non-hydrogen) atoms. The molecule has 0 heterocycles. The zero-order valence-electron chi connectivity index (χ0n) is 16.8. The molecular formula is C25H26F4O. The van der Waals surface area contributed by atoms with Crippen molar-refractivity contribution >= 4 is 0 Å². The summed E-state index contributed by atoms with van der Waals surface area (Å²) >= 11 is 0. The molecule has 0 spiro atoms. The zero-order valence-corrected chi connectivity index (χ0v) is 16.8. The number of hydrogen-bond acceptors (Lipinski definition) is 1. The Morgan fingerprint density at radius 2 is 1.67 bits per heavy atom. The first-order chi connectivity index (χ1) is 14.4. The predicted octanol–water partition coefficient (Wildman–Crippen LogP) is 7.72. The van der Waals surface area contributed by atoms with Gasteiger partial charge in [-0.05, 0) is 91.5 Å². The highest BCUT2D eigenvalue weighted by Gasteiger charge is 2.35. The fraction of sp³-hybridized carbons (Fsp3) is 0.440. The number of alkyl halides is 2. The molecule has 1 nitrogen and oxygen atoms in total. The standard InChI is InChI=1S/C25H26F4O/c1-2-15-3-4-17-12-18(6-5-16(17)11-15)19-7-9-21(22(26)13-19)20-8-10-24(23(27)14-20)30-25(28)29/h2,7-10,13-18,25H,1,3-6,11-12H2. The highest BCUT2D eigenvalue weighted by molar-refractivity contribution is 5.65. The monoisotopic (exact) mass is 418 g/mol. The summed E-state index contributed by atoms with van der Waals surface area (Å²) in [4.78, 5) is 0. The minimum atomic E-state index is -3.11. The lowest BCUT2D eigenvalue weighted by Gasteiger charge is -2.41. The summed E-state index contributed by atoms with van der Waals surface area (Å²) in [6, 6.07) is 8.65. The van der Waals surface area contributed by atoms with Crippen LogP contribution in [0.2, 0.25) is 0 Å². The molecule has 2 fully saturated rings. The molecule has 0 N–H and O–H groups in total. The highest BCUT2D eigenvalue weighted by atomic mass is 19.3. The molecule has 2 aromatic rings. The van der Waals surface area contributed by atoms with Crippen molar-refractivity contribution in [1.29, 1.82) is 0 Å². The molecule has 5 heteroatoms. The number of benzene rings is 2. The Balaban J connectivity index is 1.49. The molecule has 160 valence electrons. The van der Waals surface area contributed by atoms with Gasteiger partial charge in [-0.3, -0.25) is 0 Å². The minimum absolute atomic E-state index is 0.251. The van der Waals surface area contributed by atoms with Crippen LogP contribution >= 0.6 is 0 Å². The molecule has 0 radical (unpaired) electrons. The molecule has 0 bridgehead atoms. The molecular weight excluding hydrogens is 392 g/mol. The van der Waals surface area contributed by atoms with E-state index in [0.29, 0.717) is 23.3 Å². The Bertz CT molecular complexity index is 910. The Labute approximate surface area is 174 Å². The van der Waals surface area contributed by atoms with Crippen LogP contribution in [0.4, 0.5) is 17.6 Å². The lowest BCUT2D eigenvalue weighted by molar-refractivity contribution is -0.0521. The van der Waals surface area contributed by atoms with E-state index in [2.05, 4.69) is 17.4 Å². The van der Waals surface area contributed by atoms with Crippen molar-refractivity contribution in [3.8, 4) is 16.9 Å². The van der Waals surface area contributed by atoms with Crippen molar-refractivity contribution in [1.82, 2.24) is 0 Å². The largest absolute Gasteiger partial charge is 0.432 e. The number of rotatable bonds is 5. The van der Waals surface area contributed by atoms with E-state index in [-0.39, 0.29) is 5.56 Å². The van der Waals surface area contributed by atoms with E-state index in [4.69, 9.17) is 0 Å². The lowest BCUT2D eigenvalue weighted by atomic mass is 9.64. The van der Waals surface area contributed by atoms with Crippen LogP contribution in [0.3, 0.4) is 0 Å². The molecule has 0 amide bonds. The van der Waals surface area contributed by atoms with Gasteiger partial charge in [0, 0.05) is 5.56 Å². The molecule has 4 atom stereocenters. The Kier molecular flexibility index (Phi) is 6.16. The normalized spacial score (nSPS) is 26.3. The second kappa shape index (κ2) is 8.83. The van der Waals surface area contributed by atoms with Gasteiger partial charge in [-0.25, -0.2) is 8.78 Å². The van der Waals surface area contributed by atoms with E-state index in [9.17, 15) is 17.6 Å². The average molecular weight is 418 g/mol. The summed E-state index contributed by atoms with van der Waals surface area (Å²) in [7, 11) is 0. The Morgan fingerprint density at radius 1 is 0.900 bits per heavy atom. The van der Waals surface area contributed by atoms with Crippen molar-refractivity contribution in [3.63, 3.8) is 0 Å². The van der Waals surface area contributed by atoms with Gasteiger partial charge in [0.15, 0.2) is 11.6 Å². The van der Waals surface area contributed by atoms with Crippen LogP contribution in [0.15, 0.2) is 49.1 Å². The van der Waals surface area contributed by atoms with E-state index in [1.807, 2.05) is 6.07 Å². The number of hydrogen-bond donors (Lipinski definition) is 0. The van der Waals surface area contributed by atoms with E-state index < -0.39 is 24.0 Å². The molecule has 2 aromatic carbocycles. The first kappa shape index (κ1) is 21.0. The van der Waals surface area contributed by atoms with Gasteiger partial charge in [0.2, 0.25) is 0 Å². The first-order valence-corrected chi connectivity index (χ1v) is 10.6. The lowest BCUT2D eigenvalue weighted by Crippen LogP contribution is -2.29. The van der Waals surface area contributed by atoms with Crippen LogP contribution in [0.5, 0.6) is 5.75 Å². The van der Waals surface area contributed by atoms with Gasteiger partial charge in [0.25, 0.3) is 0 Å². The number of halogens is 4. The van der Waals surface area contributed by atoms with Gasteiger partial charge in [0.1, 0.15) is 5.82 Å². The molecule has 2 aliphatic rings. The van der Waals surface area contributed by atoms with Crippen LogP contribution in [0, 0.1) is 29.4 Å². The fourth-order valence-corrected chi connectivity index (χ4v) is 5.32. The van der Waals surface area contributed by atoms with E-state index in [1.54, 1.807) is 12.1 Å². The quantitative estimate of drug-likeness (QED) is 0.357. The van der Waals surface area contributed by atoms with Gasteiger partial charge < -0.3 is 4.74 Å². The van der Waals surface area contributed by atoms with Crippen LogP contribution < -0.4 is 4.74 Å². The maximum absolute atomic E-state index is 14.9. The third kappa shape index (κ3) is 4.40. The minimum Gasteiger partial charge on any atom is -0.432 e. The molecule has 2 saturated carbocycles. The van der Waals surface area contributed by atoms with E-state index >= 15 is 0 Å². The predicted molar refractivity (Wildman–Crippen MR) is 110 cm³/mol. The number of ether oxygens (including phenoxy) is 1. The molecule has 0 aromatic heterocycles. The van der Waals surface area contributed by atoms with Crippen molar-refractivity contribution in [2.45, 2.75) is 51.1 Å². The van der Waals surface area contributed by atoms with Crippen molar-refractivity contribution < 1.29 is 22.3 Å². The van der Waals surface area contributed by atoms with Crippen LogP contribution in [0.1, 0.15) is 50.0 Å². The summed E-state index contributed by atoms with van der Waals surface area (Å²) in [5.41, 5.74) is 1.53. The molecule has 0 saturated heterocycles. The van der Waals surface area contributed by atoms with Crippen LogP contribution in [-0.2, 0) is 0 Å². The first-order valence-electron chi connectivity index (χ1n) is 10.6. The SMILES string of the molecule is C=CC1CCC2CC(c3ccc(-c4ccc(OC(F)F)c(F)c4)c(F)c3)CCC2C1. The molecule has 2 aliphatic carbocycles. The van der Waals surface area contributed by atoms with E-state index in [0.717, 1.165) is 36.5 Å². The van der Waals surface area contributed by atoms with Gasteiger partial charge >= 0.3 is 6.61 Å². The topological polar surface area (TPSA) is 9.23 Å². The third-order valence-electron chi connectivity index (χ3n) is 6.91. The second-order valence-electron chi connectivity index (χ2n) is 8.60. The second-order valence-corrected chi connectivity index (χ2v) is 8.60. The summed E-state index contributed by atoms with van der Waals surface area (Å²) in [5.74, 6) is 0.509. The Morgan fingerprint density at radius 3 is 2.37 bits per heavy atom. The fourth-order valence-electron chi connectivity index (χ4n) is 5.32. The van der Waals surface area contributed by atoms with Crippen LogP contribution in [-0.4, -0.2) is 6.61 Å². The van der Waals surface area contributed by atoms with Gasteiger partial charge in [-0.15, -0.1) is 6.58 Å². The summed E-state index contributed by atoms with van der Waals surface area (Å²) in [5, 5.41) is 0. The maximum Gasteiger partial charge on any atom is 0.387 e. The summed E-state index contributed by atoms with van der Waals surface area (Å²) in [6.07, 6.45) is 9.03. The third-order valence-corrected chi connectivity index (χ3v) is 6.91.